The van der Waals surface area contributed by atoms with E-state index in [2.05, 4.69) is 4.72 Å². The molecule has 1 fully saturated rings. The lowest BCUT2D eigenvalue weighted by atomic mass is 9.84. The van der Waals surface area contributed by atoms with Crippen molar-refractivity contribution in [1.82, 2.24) is 4.72 Å². The van der Waals surface area contributed by atoms with Crippen LogP contribution in [0.25, 0.3) is 0 Å². The molecule has 0 aliphatic heterocycles. The summed E-state index contributed by atoms with van der Waals surface area (Å²) in [4.78, 5) is 11.1. The van der Waals surface area contributed by atoms with Crippen molar-refractivity contribution in [3.8, 4) is 6.07 Å². The van der Waals surface area contributed by atoms with Crippen molar-refractivity contribution in [2.75, 3.05) is 5.75 Å². The summed E-state index contributed by atoms with van der Waals surface area (Å²) in [6.07, 6.45) is 4.34. The van der Waals surface area contributed by atoms with E-state index < -0.39 is 27.8 Å². The van der Waals surface area contributed by atoms with Crippen LogP contribution in [0.5, 0.6) is 0 Å². The second-order valence-electron chi connectivity index (χ2n) is 4.25. The van der Waals surface area contributed by atoms with E-state index in [0.29, 0.717) is 12.8 Å². The lowest BCUT2D eigenvalue weighted by Gasteiger charge is -2.27. The van der Waals surface area contributed by atoms with Crippen LogP contribution in [0.1, 0.15) is 32.1 Å². The number of nitrogens with one attached hydrogen (secondary N) is 1. The molecule has 0 radical (unpaired) electrons. The van der Waals surface area contributed by atoms with Crippen LogP contribution in [0.3, 0.4) is 0 Å². The highest BCUT2D eigenvalue weighted by Gasteiger charge is 2.32. The Morgan fingerprint density at radius 2 is 2.00 bits per heavy atom. The van der Waals surface area contributed by atoms with Gasteiger partial charge in [0.15, 0.2) is 5.75 Å². The molecule has 1 saturated carbocycles. The zero-order valence-electron chi connectivity index (χ0n) is 9.42. The molecule has 0 saturated heterocycles. The highest BCUT2D eigenvalue weighted by molar-refractivity contribution is 7.89. The van der Waals surface area contributed by atoms with Crippen molar-refractivity contribution in [1.29, 1.82) is 5.26 Å². The summed E-state index contributed by atoms with van der Waals surface area (Å²) in [6.45, 7) is 0. The third kappa shape index (κ3) is 4.32. The minimum absolute atomic E-state index is 0.172. The first-order valence-electron chi connectivity index (χ1n) is 5.56. The topological polar surface area (TPSA) is 107 Å². The third-order valence-corrected chi connectivity index (χ3v) is 4.07. The Hall–Kier alpha value is -1.13. The molecule has 2 N–H and O–H groups in total. The van der Waals surface area contributed by atoms with Crippen LogP contribution in [-0.4, -0.2) is 31.3 Å². The van der Waals surface area contributed by atoms with Crippen molar-refractivity contribution in [3.05, 3.63) is 0 Å². The Bertz CT molecular complexity index is 407. The molecule has 17 heavy (non-hydrogen) atoms. The molecule has 1 rings (SSSR count). The van der Waals surface area contributed by atoms with Crippen molar-refractivity contribution in [2.45, 2.75) is 38.1 Å². The van der Waals surface area contributed by atoms with Crippen LogP contribution < -0.4 is 4.72 Å². The Balaban J connectivity index is 2.73. The van der Waals surface area contributed by atoms with E-state index in [9.17, 15) is 13.2 Å². The van der Waals surface area contributed by atoms with E-state index in [1.807, 2.05) is 0 Å². The molecule has 1 aliphatic carbocycles. The number of hydrogen-bond donors (Lipinski definition) is 2. The highest BCUT2D eigenvalue weighted by atomic mass is 32.2. The molecule has 0 spiro atoms. The molecule has 7 heteroatoms. The quantitative estimate of drug-likeness (QED) is 0.746. The van der Waals surface area contributed by atoms with Crippen molar-refractivity contribution in [2.24, 2.45) is 5.92 Å². The molecule has 6 nitrogen and oxygen atoms in total. The molecule has 0 heterocycles. The predicted octanol–water partition coefficient (Wildman–Crippen LogP) is 0.463. The van der Waals surface area contributed by atoms with E-state index in [0.717, 1.165) is 19.3 Å². The summed E-state index contributed by atoms with van der Waals surface area (Å²) >= 11 is 0. The zero-order valence-corrected chi connectivity index (χ0v) is 10.2. The fraction of sp³-hybridized carbons (Fsp3) is 0.800. The summed E-state index contributed by atoms with van der Waals surface area (Å²) in [7, 11) is -3.82. The maximum atomic E-state index is 11.4. The van der Waals surface area contributed by atoms with Crippen molar-refractivity contribution in [3.63, 3.8) is 0 Å². The molecule has 0 bridgehead atoms. The first kappa shape index (κ1) is 13.9. The van der Waals surface area contributed by atoms with Gasteiger partial charge in [0.1, 0.15) is 6.04 Å². The van der Waals surface area contributed by atoms with E-state index in [1.165, 1.54) is 6.07 Å². The Morgan fingerprint density at radius 3 is 2.47 bits per heavy atom. The van der Waals surface area contributed by atoms with Crippen LogP contribution in [0.2, 0.25) is 0 Å². The zero-order chi connectivity index (χ0) is 12.9. The summed E-state index contributed by atoms with van der Waals surface area (Å²) in [5.74, 6) is -2.04. The molecule has 0 aromatic heterocycles. The maximum Gasteiger partial charge on any atom is 0.322 e. The molecule has 96 valence electrons. The van der Waals surface area contributed by atoms with Gasteiger partial charge in [-0.1, -0.05) is 19.3 Å². The van der Waals surface area contributed by atoms with Gasteiger partial charge in [-0.2, -0.15) is 9.98 Å². The average molecular weight is 260 g/mol. The molecule has 1 aliphatic rings. The van der Waals surface area contributed by atoms with Crippen LogP contribution in [0, 0.1) is 17.2 Å². The number of carboxylic acid groups (broad SMARTS) is 1. The minimum Gasteiger partial charge on any atom is -0.480 e. The first-order chi connectivity index (χ1) is 7.96. The second kappa shape index (κ2) is 5.98. The van der Waals surface area contributed by atoms with Crippen LogP contribution >= 0.6 is 0 Å². The fourth-order valence-corrected chi connectivity index (χ4v) is 3.07. The SMILES string of the molecule is N#CCS(=O)(=O)NC(C(=O)O)C1CCCCC1. The molecular formula is C10H16N2O4S. The van der Waals surface area contributed by atoms with Gasteiger partial charge in [-0.15, -0.1) is 0 Å². The van der Waals surface area contributed by atoms with Gasteiger partial charge in [-0.25, -0.2) is 8.42 Å². The van der Waals surface area contributed by atoms with E-state index in [1.54, 1.807) is 0 Å². The maximum absolute atomic E-state index is 11.4. The number of nitriles is 1. The largest absolute Gasteiger partial charge is 0.480 e. The van der Waals surface area contributed by atoms with Gasteiger partial charge < -0.3 is 5.11 Å². The van der Waals surface area contributed by atoms with Crippen molar-refractivity contribution < 1.29 is 18.3 Å². The predicted molar refractivity (Wildman–Crippen MR) is 60.5 cm³/mol. The molecular weight excluding hydrogens is 244 g/mol. The average Bonchev–Trinajstić information content (AvgIpc) is 2.27. The highest BCUT2D eigenvalue weighted by Crippen LogP contribution is 2.26. The smallest absolute Gasteiger partial charge is 0.322 e. The van der Waals surface area contributed by atoms with E-state index in [-0.39, 0.29) is 5.92 Å². The van der Waals surface area contributed by atoms with Crippen LogP contribution in [-0.2, 0) is 14.8 Å². The number of hydrogen-bond acceptors (Lipinski definition) is 4. The van der Waals surface area contributed by atoms with Gasteiger partial charge in [0.2, 0.25) is 10.0 Å². The molecule has 0 amide bonds. The monoisotopic (exact) mass is 260 g/mol. The number of carbonyl (C=O) groups is 1. The number of sulfonamides is 1. The Morgan fingerprint density at radius 1 is 1.41 bits per heavy atom. The molecule has 1 unspecified atom stereocenters. The molecule has 1 atom stereocenters. The van der Waals surface area contributed by atoms with Gasteiger partial charge in [0, 0.05) is 0 Å². The molecule has 0 aromatic rings. The lowest BCUT2D eigenvalue weighted by Crippen LogP contribution is -2.47. The van der Waals surface area contributed by atoms with Crippen LogP contribution in [0.4, 0.5) is 0 Å². The lowest BCUT2D eigenvalue weighted by molar-refractivity contribution is -0.140. The normalized spacial score (nSPS) is 19.5. The fourth-order valence-electron chi connectivity index (χ4n) is 2.14. The van der Waals surface area contributed by atoms with Gasteiger partial charge in [-0.05, 0) is 18.8 Å². The minimum atomic E-state index is -3.82. The third-order valence-electron chi connectivity index (χ3n) is 2.95. The Kier molecular flexibility index (Phi) is 4.90. The van der Waals surface area contributed by atoms with Gasteiger partial charge in [0.25, 0.3) is 0 Å². The van der Waals surface area contributed by atoms with E-state index in [4.69, 9.17) is 10.4 Å². The second-order valence-corrected chi connectivity index (χ2v) is 6.00. The first-order valence-corrected chi connectivity index (χ1v) is 7.21. The van der Waals surface area contributed by atoms with Gasteiger partial charge in [0.05, 0.1) is 6.07 Å². The molecule has 0 aromatic carbocycles. The van der Waals surface area contributed by atoms with Crippen LogP contribution in [0.15, 0.2) is 0 Å². The Labute approximate surface area is 101 Å². The van der Waals surface area contributed by atoms with Gasteiger partial charge >= 0.3 is 5.97 Å². The number of nitrogens with zero attached hydrogens (tertiary/aromatic N) is 1. The van der Waals surface area contributed by atoms with E-state index >= 15 is 0 Å². The standard InChI is InChI=1S/C10H16N2O4S/c11-6-7-17(15,16)12-9(10(13)14)8-4-2-1-3-5-8/h8-9,12H,1-5,7H2,(H,13,14). The van der Waals surface area contributed by atoms with Crippen molar-refractivity contribution >= 4 is 16.0 Å². The number of aliphatic carboxylic acids is 1. The van der Waals surface area contributed by atoms with Gasteiger partial charge in [-0.3, -0.25) is 4.79 Å². The summed E-state index contributed by atoms with van der Waals surface area (Å²) in [6, 6.07) is 0.409. The summed E-state index contributed by atoms with van der Waals surface area (Å²) < 4.78 is 24.9. The number of rotatable bonds is 5. The summed E-state index contributed by atoms with van der Waals surface area (Å²) in [5.41, 5.74) is 0. The summed E-state index contributed by atoms with van der Waals surface area (Å²) in [5, 5.41) is 17.4. The number of carboxylic acids is 1.